The number of carbonyl (C=O) groups excluding carboxylic acids is 1. The van der Waals surface area contributed by atoms with Gasteiger partial charge in [0.15, 0.2) is 11.5 Å². The van der Waals surface area contributed by atoms with Crippen molar-refractivity contribution >= 4 is 5.78 Å². The van der Waals surface area contributed by atoms with E-state index < -0.39 is 0 Å². The molecule has 1 saturated heterocycles. The molecular formula is C21H24NO3+. The average Bonchev–Trinajstić information content (AvgIpc) is 2.66. The van der Waals surface area contributed by atoms with Crippen LogP contribution >= 0.6 is 0 Å². The number of fused-ring (bicyclic) bond motifs is 3. The molecule has 25 heavy (non-hydrogen) atoms. The predicted octanol–water partition coefficient (Wildman–Crippen LogP) is 2.29. The smallest absolute Gasteiger partial charge is 0.161 e. The van der Waals surface area contributed by atoms with Crippen LogP contribution in [-0.2, 0) is 11.2 Å². The Hall–Kier alpha value is -2.33. The van der Waals surface area contributed by atoms with Crippen LogP contribution in [0.1, 0.15) is 41.6 Å². The van der Waals surface area contributed by atoms with E-state index in [1.54, 1.807) is 14.2 Å². The maximum absolute atomic E-state index is 12.5. The highest BCUT2D eigenvalue weighted by Gasteiger charge is 2.43. The van der Waals surface area contributed by atoms with E-state index in [9.17, 15) is 4.79 Å². The summed E-state index contributed by atoms with van der Waals surface area (Å²) in [7, 11) is 3.33. The minimum absolute atomic E-state index is 0.204. The summed E-state index contributed by atoms with van der Waals surface area (Å²) < 4.78 is 11.0. The molecule has 0 bridgehead atoms. The van der Waals surface area contributed by atoms with Gasteiger partial charge in [0.1, 0.15) is 17.9 Å². The van der Waals surface area contributed by atoms with Crippen LogP contribution in [0.4, 0.5) is 0 Å². The van der Waals surface area contributed by atoms with E-state index in [2.05, 4.69) is 36.4 Å². The van der Waals surface area contributed by atoms with Crippen molar-refractivity contribution in [1.29, 1.82) is 0 Å². The Labute approximate surface area is 148 Å². The topological polar surface area (TPSA) is 40.0 Å². The van der Waals surface area contributed by atoms with Gasteiger partial charge in [-0.05, 0) is 17.7 Å². The van der Waals surface area contributed by atoms with Crippen LogP contribution in [0.15, 0.2) is 42.5 Å². The molecule has 3 atom stereocenters. The lowest BCUT2D eigenvalue weighted by Crippen LogP contribution is -3.14. The summed E-state index contributed by atoms with van der Waals surface area (Å²) in [6.45, 7) is 1.04. The number of ether oxygens (including phenoxy) is 2. The minimum Gasteiger partial charge on any atom is -0.493 e. The average molecular weight is 338 g/mol. The molecule has 0 aromatic heterocycles. The third kappa shape index (κ3) is 2.81. The molecule has 3 unspecified atom stereocenters. The molecule has 0 aliphatic carbocycles. The SMILES string of the molecule is COc1cc2c(cc1OC)C1CC(=O)CC(c3ccccc3)[NH+]1CC2. The van der Waals surface area contributed by atoms with Crippen molar-refractivity contribution < 1.29 is 19.2 Å². The molecule has 2 aliphatic rings. The quantitative estimate of drug-likeness (QED) is 0.933. The van der Waals surface area contributed by atoms with Gasteiger partial charge in [0.25, 0.3) is 0 Å². The monoisotopic (exact) mass is 338 g/mol. The number of nitrogens with one attached hydrogen (secondary N) is 1. The van der Waals surface area contributed by atoms with Gasteiger partial charge < -0.3 is 14.4 Å². The second-order valence-electron chi connectivity index (χ2n) is 6.94. The van der Waals surface area contributed by atoms with Gasteiger partial charge in [-0.25, -0.2) is 0 Å². The Morgan fingerprint density at radius 2 is 1.64 bits per heavy atom. The summed E-state index contributed by atoms with van der Waals surface area (Å²) in [5, 5.41) is 0. The van der Waals surface area contributed by atoms with Gasteiger partial charge >= 0.3 is 0 Å². The largest absolute Gasteiger partial charge is 0.493 e. The molecule has 2 heterocycles. The van der Waals surface area contributed by atoms with Gasteiger partial charge in [-0.3, -0.25) is 4.79 Å². The van der Waals surface area contributed by atoms with E-state index >= 15 is 0 Å². The number of hydrogen-bond donors (Lipinski definition) is 1. The summed E-state index contributed by atoms with van der Waals surface area (Å²) in [5.74, 6) is 1.87. The number of piperidine rings is 1. The number of ketones is 1. The Balaban J connectivity index is 1.75. The normalized spacial score (nSPS) is 25.0. The summed E-state index contributed by atoms with van der Waals surface area (Å²) in [5.41, 5.74) is 3.79. The number of quaternary nitrogens is 1. The van der Waals surface area contributed by atoms with Crippen LogP contribution in [0.3, 0.4) is 0 Å². The lowest BCUT2D eigenvalue weighted by Gasteiger charge is -2.42. The Morgan fingerprint density at radius 3 is 2.36 bits per heavy atom. The second kappa shape index (κ2) is 6.52. The van der Waals surface area contributed by atoms with Crippen LogP contribution in [0.25, 0.3) is 0 Å². The molecular weight excluding hydrogens is 314 g/mol. The van der Waals surface area contributed by atoms with Crippen LogP contribution in [0.5, 0.6) is 11.5 Å². The zero-order valence-electron chi connectivity index (χ0n) is 14.7. The first-order valence-electron chi connectivity index (χ1n) is 8.88. The van der Waals surface area contributed by atoms with Crippen LogP contribution < -0.4 is 14.4 Å². The Morgan fingerprint density at radius 1 is 0.960 bits per heavy atom. The highest BCUT2D eigenvalue weighted by molar-refractivity contribution is 5.80. The third-order valence-electron chi connectivity index (χ3n) is 5.66. The molecule has 130 valence electrons. The number of benzene rings is 2. The maximum Gasteiger partial charge on any atom is 0.161 e. The molecule has 0 spiro atoms. The number of Topliss-reactive ketones (excluding diaryl/α,β-unsaturated/α-hetero) is 1. The summed E-state index contributed by atoms with van der Waals surface area (Å²) in [4.78, 5) is 14.0. The van der Waals surface area contributed by atoms with Gasteiger partial charge in [0.2, 0.25) is 0 Å². The van der Waals surface area contributed by atoms with Crippen molar-refractivity contribution in [3.8, 4) is 11.5 Å². The number of methoxy groups -OCH3 is 2. The highest BCUT2D eigenvalue weighted by atomic mass is 16.5. The molecule has 0 amide bonds. The summed E-state index contributed by atoms with van der Waals surface area (Å²) in [6, 6.07) is 15.1. The molecule has 0 radical (unpaired) electrons. The molecule has 4 nitrogen and oxygen atoms in total. The first-order chi connectivity index (χ1) is 12.2. The summed E-state index contributed by atoms with van der Waals surface area (Å²) in [6.07, 6.45) is 2.25. The number of carbonyl (C=O) groups is 1. The van der Waals surface area contributed by atoms with Gasteiger partial charge in [0.05, 0.1) is 33.6 Å². The van der Waals surface area contributed by atoms with Crippen molar-refractivity contribution in [2.24, 2.45) is 0 Å². The first kappa shape index (κ1) is 16.2. The molecule has 1 fully saturated rings. The molecule has 2 aliphatic heterocycles. The first-order valence-corrected chi connectivity index (χ1v) is 8.88. The molecule has 4 rings (SSSR count). The van der Waals surface area contributed by atoms with E-state index in [0.29, 0.717) is 18.6 Å². The Bertz CT molecular complexity index is 787. The molecule has 2 aromatic carbocycles. The van der Waals surface area contributed by atoms with Crippen molar-refractivity contribution in [2.45, 2.75) is 31.3 Å². The lowest BCUT2D eigenvalue weighted by molar-refractivity contribution is -0.965. The van der Waals surface area contributed by atoms with Crippen LogP contribution in [0.2, 0.25) is 0 Å². The van der Waals surface area contributed by atoms with Crippen molar-refractivity contribution in [1.82, 2.24) is 0 Å². The van der Waals surface area contributed by atoms with Crippen LogP contribution in [0, 0.1) is 0 Å². The minimum atomic E-state index is 0.204. The third-order valence-corrected chi connectivity index (χ3v) is 5.66. The number of hydrogen-bond acceptors (Lipinski definition) is 3. The van der Waals surface area contributed by atoms with E-state index in [1.165, 1.54) is 21.6 Å². The standard InChI is InChI=1S/C21H23NO3/c1-24-20-10-15-8-9-22-18(14-6-4-3-5-7-14)11-16(23)12-19(22)17(15)13-21(20)25-2/h3-7,10,13,18-19H,8-9,11-12H2,1-2H3/p+1. The van der Waals surface area contributed by atoms with Gasteiger partial charge in [0, 0.05) is 17.5 Å². The van der Waals surface area contributed by atoms with Crippen molar-refractivity contribution in [3.05, 3.63) is 59.2 Å². The fraction of sp³-hybridized carbons (Fsp3) is 0.381. The fourth-order valence-corrected chi connectivity index (χ4v) is 4.48. The van der Waals surface area contributed by atoms with Crippen molar-refractivity contribution in [2.75, 3.05) is 20.8 Å². The molecule has 4 heteroatoms. The molecule has 2 aromatic rings. The van der Waals surface area contributed by atoms with Crippen LogP contribution in [-0.4, -0.2) is 26.5 Å². The van der Waals surface area contributed by atoms with E-state index in [0.717, 1.165) is 24.5 Å². The fourth-order valence-electron chi connectivity index (χ4n) is 4.48. The van der Waals surface area contributed by atoms with E-state index in [4.69, 9.17) is 9.47 Å². The molecule has 1 N–H and O–H groups in total. The van der Waals surface area contributed by atoms with E-state index in [1.807, 2.05) is 6.07 Å². The zero-order valence-corrected chi connectivity index (χ0v) is 14.7. The molecule has 0 saturated carbocycles. The van der Waals surface area contributed by atoms with E-state index in [-0.39, 0.29) is 12.1 Å². The maximum atomic E-state index is 12.5. The van der Waals surface area contributed by atoms with Gasteiger partial charge in [-0.2, -0.15) is 0 Å². The number of rotatable bonds is 3. The second-order valence-corrected chi connectivity index (χ2v) is 6.94. The van der Waals surface area contributed by atoms with Crippen molar-refractivity contribution in [3.63, 3.8) is 0 Å². The lowest BCUT2D eigenvalue weighted by atomic mass is 9.81. The predicted molar refractivity (Wildman–Crippen MR) is 95.2 cm³/mol. The Kier molecular flexibility index (Phi) is 4.22. The summed E-state index contributed by atoms with van der Waals surface area (Å²) >= 11 is 0. The highest BCUT2D eigenvalue weighted by Crippen LogP contribution is 2.37. The zero-order chi connectivity index (χ0) is 17.4. The van der Waals surface area contributed by atoms with Gasteiger partial charge in [-0.1, -0.05) is 30.3 Å². The van der Waals surface area contributed by atoms with Gasteiger partial charge in [-0.15, -0.1) is 0 Å².